The molecule has 3 aromatic rings. The van der Waals surface area contributed by atoms with E-state index in [0.29, 0.717) is 16.5 Å². The maximum atomic E-state index is 13.5. The maximum Gasteiger partial charge on any atom is 0.195 e. The Bertz CT molecular complexity index is 798. The Labute approximate surface area is 149 Å². The van der Waals surface area contributed by atoms with Crippen molar-refractivity contribution in [3.63, 3.8) is 0 Å². The van der Waals surface area contributed by atoms with Gasteiger partial charge in [-0.2, -0.15) is 0 Å². The first-order valence-electron chi connectivity index (χ1n) is 7.81. The number of hydrogen-bond donors (Lipinski definition) is 1. The minimum absolute atomic E-state index is 0.126. The first-order chi connectivity index (χ1) is 12.2. The van der Waals surface area contributed by atoms with E-state index in [4.69, 9.17) is 4.74 Å². The zero-order valence-electron chi connectivity index (χ0n) is 13.5. The van der Waals surface area contributed by atoms with Crippen LogP contribution >= 0.6 is 11.8 Å². The lowest BCUT2D eigenvalue weighted by atomic mass is 10.2. The molecule has 0 bridgehead atoms. The van der Waals surface area contributed by atoms with E-state index in [-0.39, 0.29) is 19.0 Å². The second-order valence-electron chi connectivity index (χ2n) is 5.39. The fourth-order valence-electron chi connectivity index (χ4n) is 2.23. The molecule has 0 amide bonds. The van der Waals surface area contributed by atoms with Crippen LogP contribution in [-0.4, -0.2) is 38.3 Å². The Kier molecular flexibility index (Phi) is 6.16. The van der Waals surface area contributed by atoms with Crippen LogP contribution in [0.4, 0.5) is 4.39 Å². The Hall–Kier alpha value is -2.22. The van der Waals surface area contributed by atoms with Gasteiger partial charge in [0.05, 0.1) is 19.3 Å². The van der Waals surface area contributed by atoms with Crippen LogP contribution in [0.15, 0.2) is 66.1 Å². The zero-order valence-corrected chi connectivity index (χ0v) is 14.3. The van der Waals surface area contributed by atoms with Gasteiger partial charge in [-0.1, -0.05) is 48.2 Å². The summed E-state index contributed by atoms with van der Waals surface area (Å²) in [7, 11) is 0. The molecule has 0 aliphatic rings. The lowest BCUT2D eigenvalue weighted by Crippen LogP contribution is -2.18. The molecule has 0 saturated carbocycles. The number of benzene rings is 2. The van der Waals surface area contributed by atoms with Crippen LogP contribution in [0.25, 0.3) is 5.69 Å². The fourth-order valence-corrected chi connectivity index (χ4v) is 3.06. The molecule has 25 heavy (non-hydrogen) atoms. The summed E-state index contributed by atoms with van der Waals surface area (Å²) in [6.45, 7) is 0.259. The summed E-state index contributed by atoms with van der Waals surface area (Å²) >= 11 is 1.39. The molecule has 130 valence electrons. The van der Waals surface area contributed by atoms with E-state index in [1.165, 1.54) is 17.8 Å². The van der Waals surface area contributed by atoms with Crippen molar-refractivity contribution in [2.75, 3.05) is 12.4 Å². The van der Waals surface area contributed by atoms with Gasteiger partial charge in [0.2, 0.25) is 0 Å². The number of aliphatic hydroxyl groups excluding tert-OH is 1. The van der Waals surface area contributed by atoms with Crippen molar-refractivity contribution < 1.29 is 14.2 Å². The highest BCUT2D eigenvalue weighted by atomic mass is 32.2. The van der Waals surface area contributed by atoms with Crippen molar-refractivity contribution in [1.29, 1.82) is 0 Å². The van der Waals surface area contributed by atoms with Gasteiger partial charge in [-0.3, -0.25) is 4.57 Å². The van der Waals surface area contributed by atoms with Crippen LogP contribution < -0.4 is 0 Å². The number of aromatic nitrogens is 3. The largest absolute Gasteiger partial charge is 0.390 e. The molecular formula is C18H18FN3O2S. The highest BCUT2D eigenvalue weighted by molar-refractivity contribution is 7.99. The van der Waals surface area contributed by atoms with Gasteiger partial charge in [0, 0.05) is 17.0 Å². The second kappa shape index (κ2) is 8.75. The number of nitrogens with zero attached hydrogens (tertiary/aromatic N) is 3. The predicted octanol–water partition coefficient (Wildman–Crippen LogP) is 3.08. The Morgan fingerprint density at radius 3 is 2.68 bits per heavy atom. The average Bonchev–Trinajstić information content (AvgIpc) is 3.11. The van der Waals surface area contributed by atoms with Crippen LogP contribution in [0.1, 0.15) is 5.56 Å². The summed E-state index contributed by atoms with van der Waals surface area (Å²) in [6.07, 6.45) is 0.955. The van der Waals surface area contributed by atoms with E-state index >= 15 is 0 Å². The molecule has 1 heterocycles. The van der Waals surface area contributed by atoms with Gasteiger partial charge in [-0.05, 0) is 18.2 Å². The van der Waals surface area contributed by atoms with E-state index in [2.05, 4.69) is 10.2 Å². The molecule has 0 saturated heterocycles. The fraction of sp³-hybridized carbons (Fsp3) is 0.222. The van der Waals surface area contributed by atoms with Crippen LogP contribution in [0.5, 0.6) is 0 Å². The molecule has 5 nitrogen and oxygen atoms in total. The van der Waals surface area contributed by atoms with Gasteiger partial charge in [0.1, 0.15) is 12.1 Å². The second-order valence-corrected chi connectivity index (χ2v) is 6.38. The highest BCUT2D eigenvalue weighted by Gasteiger charge is 2.11. The summed E-state index contributed by atoms with van der Waals surface area (Å²) < 4.78 is 20.7. The molecule has 0 aliphatic carbocycles. The summed E-state index contributed by atoms with van der Waals surface area (Å²) in [5.74, 6) is 0.102. The number of ether oxygens (including phenoxy) is 1. The van der Waals surface area contributed by atoms with Crippen molar-refractivity contribution in [2.24, 2.45) is 0 Å². The number of hydrogen-bond acceptors (Lipinski definition) is 5. The minimum Gasteiger partial charge on any atom is -0.390 e. The van der Waals surface area contributed by atoms with E-state index in [9.17, 15) is 9.50 Å². The van der Waals surface area contributed by atoms with Crippen molar-refractivity contribution in [3.05, 3.63) is 72.3 Å². The molecule has 0 radical (unpaired) electrons. The van der Waals surface area contributed by atoms with E-state index in [1.807, 2.05) is 34.9 Å². The third-order valence-electron chi connectivity index (χ3n) is 3.48. The molecule has 1 aromatic heterocycles. The first-order valence-corrected chi connectivity index (χ1v) is 8.80. The number of aliphatic hydroxyl groups is 1. The van der Waals surface area contributed by atoms with E-state index < -0.39 is 6.10 Å². The number of thioether (sulfide) groups is 1. The SMILES string of the molecule is O[C@H](COCc1ccccc1F)CSc1nncn1-c1ccccc1. The van der Waals surface area contributed by atoms with Crippen LogP contribution in [0.2, 0.25) is 0 Å². The molecule has 3 rings (SSSR count). The molecule has 0 spiro atoms. The third kappa shape index (κ3) is 4.88. The summed E-state index contributed by atoms with van der Waals surface area (Å²) in [6, 6.07) is 16.2. The molecule has 0 fully saturated rings. The lowest BCUT2D eigenvalue weighted by Gasteiger charge is -2.12. The lowest BCUT2D eigenvalue weighted by molar-refractivity contribution is 0.0386. The summed E-state index contributed by atoms with van der Waals surface area (Å²) in [5.41, 5.74) is 1.44. The summed E-state index contributed by atoms with van der Waals surface area (Å²) in [4.78, 5) is 0. The smallest absolute Gasteiger partial charge is 0.195 e. The Balaban J connectivity index is 1.48. The van der Waals surface area contributed by atoms with Crippen molar-refractivity contribution in [3.8, 4) is 5.69 Å². The number of halogens is 1. The van der Waals surface area contributed by atoms with Gasteiger partial charge in [0.15, 0.2) is 5.16 Å². The molecule has 7 heteroatoms. The Morgan fingerprint density at radius 1 is 1.12 bits per heavy atom. The number of para-hydroxylation sites is 1. The average molecular weight is 359 g/mol. The number of rotatable bonds is 8. The highest BCUT2D eigenvalue weighted by Crippen LogP contribution is 2.20. The molecule has 0 unspecified atom stereocenters. The molecule has 0 aliphatic heterocycles. The molecule has 1 atom stereocenters. The quantitative estimate of drug-likeness (QED) is 0.627. The van der Waals surface area contributed by atoms with Crippen molar-refractivity contribution in [1.82, 2.24) is 14.8 Å². The summed E-state index contributed by atoms with van der Waals surface area (Å²) in [5, 5.41) is 18.8. The predicted molar refractivity (Wildman–Crippen MR) is 94.1 cm³/mol. The van der Waals surface area contributed by atoms with Crippen molar-refractivity contribution >= 4 is 11.8 Å². The van der Waals surface area contributed by atoms with E-state index in [1.54, 1.807) is 24.5 Å². The zero-order chi connectivity index (χ0) is 17.5. The van der Waals surface area contributed by atoms with Crippen molar-refractivity contribution in [2.45, 2.75) is 17.9 Å². The standard InChI is InChI=1S/C18H18FN3O2S/c19-17-9-5-4-6-14(17)10-24-11-16(23)12-25-18-21-20-13-22(18)15-7-2-1-3-8-15/h1-9,13,16,23H,10-12H2/t16-/m1/s1. The molecule has 1 N–H and O–H groups in total. The van der Waals surface area contributed by atoms with Crippen LogP contribution in [0, 0.1) is 5.82 Å². The van der Waals surface area contributed by atoms with Gasteiger partial charge in [0.25, 0.3) is 0 Å². The van der Waals surface area contributed by atoms with Gasteiger partial charge < -0.3 is 9.84 Å². The van der Waals surface area contributed by atoms with Gasteiger partial charge >= 0.3 is 0 Å². The topological polar surface area (TPSA) is 60.2 Å². The third-order valence-corrected chi connectivity index (χ3v) is 4.57. The monoisotopic (exact) mass is 359 g/mol. The van der Waals surface area contributed by atoms with Crippen LogP contribution in [-0.2, 0) is 11.3 Å². The Morgan fingerprint density at radius 2 is 1.88 bits per heavy atom. The molecular weight excluding hydrogens is 341 g/mol. The van der Waals surface area contributed by atoms with Gasteiger partial charge in [-0.15, -0.1) is 10.2 Å². The maximum absolute atomic E-state index is 13.5. The van der Waals surface area contributed by atoms with E-state index in [0.717, 1.165) is 5.69 Å². The van der Waals surface area contributed by atoms with Gasteiger partial charge in [-0.25, -0.2) is 4.39 Å². The molecule has 2 aromatic carbocycles. The first kappa shape index (κ1) is 17.6. The van der Waals surface area contributed by atoms with Crippen LogP contribution in [0.3, 0.4) is 0 Å². The normalized spacial score (nSPS) is 12.2. The minimum atomic E-state index is -0.683.